The molecule has 0 spiro atoms. The lowest BCUT2D eigenvalue weighted by Crippen LogP contribution is -2.25. The minimum atomic E-state index is -3.50. The summed E-state index contributed by atoms with van der Waals surface area (Å²) in [6.07, 6.45) is -3.50. The van der Waals surface area contributed by atoms with Crippen LogP contribution in [-0.4, -0.2) is 12.8 Å². The van der Waals surface area contributed by atoms with E-state index in [0.29, 0.717) is 11.5 Å². The van der Waals surface area contributed by atoms with Crippen LogP contribution in [0.5, 0.6) is 23.0 Å². The molecule has 21 heavy (non-hydrogen) atoms. The second-order valence-corrected chi connectivity index (χ2v) is 4.07. The molecule has 0 bridgehead atoms. The molecule has 0 amide bonds. The van der Waals surface area contributed by atoms with Crippen molar-refractivity contribution in [2.24, 2.45) is 0 Å². The quantitative estimate of drug-likeness (QED) is 0.743. The predicted octanol–water partition coefficient (Wildman–Crippen LogP) is 3.72. The second-order valence-electron chi connectivity index (χ2n) is 4.07. The number of para-hydroxylation sites is 4. The van der Waals surface area contributed by atoms with E-state index in [4.69, 9.17) is 0 Å². The van der Waals surface area contributed by atoms with Crippen molar-refractivity contribution in [2.75, 3.05) is 0 Å². The van der Waals surface area contributed by atoms with Crippen molar-refractivity contribution in [2.45, 2.75) is 12.8 Å². The highest BCUT2D eigenvalue weighted by Gasteiger charge is 2.42. The van der Waals surface area contributed by atoms with E-state index < -0.39 is 12.8 Å². The van der Waals surface area contributed by atoms with Gasteiger partial charge in [-0.05, 0) is 24.3 Å². The van der Waals surface area contributed by atoms with Gasteiger partial charge in [-0.3, -0.25) is 0 Å². The van der Waals surface area contributed by atoms with Gasteiger partial charge in [0.25, 0.3) is 0 Å². The lowest BCUT2D eigenvalue weighted by molar-refractivity contribution is -0.286. The summed E-state index contributed by atoms with van der Waals surface area (Å²) >= 11 is 0. The SMILES string of the molecule is FC1(F)Oc2ccccc2O1.FC1Oc2ccccc2O1. The molecule has 4 nitrogen and oxygen atoms in total. The first-order chi connectivity index (χ1) is 10.0. The maximum absolute atomic E-state index is 12.3. The third-order valence-corrected chi connectivity index (χ3v) is 2.60. The van der Waals surface area contributed by atoms with E-state index in [2.05, 4.69) is 18.9 Å². The molecule has 2 aliphatic rings. The van der Waals surface area contributed by atoms with Crippen molar-refractivity contribution < 1.29 is 32.1 Å². The molecule has 0 atom stereocenters. The molecular weight excluding hydrogens is 289 g/mol. The van der Waals surface area contributed by atoms with Crippen molar-refractivity contribution in [3.63, 3.8) is 0 Å². The third-order valence-electron chi connectivity index (χ3n) is 2.60. The fourth-order valence-electron chi connectivity index (χ4n) is 1.76. The van der Waals surface area contributed by atoms with Crippen molar-refractivity contribution in [1.29, 1.82) is 0 Å². The Morgan fingerprint density at radius 2 is 1.10 bits per heavy atom. The largest absolute Gasteiger partial charge is 0.586 e. The number of ether oxygens (including phenoxy) is 4. The van der Waals surface area contributed by atoms with Crippen LogP contribution in [0.3, 0.4) is 0 Å². The van der Waals surface area contributed by atoms with Gasteiger partial charge < -0.3 is 18.9 Å². The summed E-state index contributed by atoms with van der Waals surface area (Å²) < 4.78 is 54.4. The van der Waals surface area contributed by atoms with Crippen molar-refractivity contribution in [3.8, 4) is 23.0 Å². The molecule has 0 radical (unpaired) electrons. The van der Waals surface area contributed by atoms with E-state index in [1.165, 1.54) is 12.1 Å². The zero-order chi connectivity index (χ0) is 14.9. The van der Waals surface area contributed by atoms with Crippen LogP contribution in [0, 0.1) is 0 Å². The molecule has 2 aromatic rings. The highest BCUT2D eigenvalue weighted by Crippen LogP contribution is 2.40. The monoisotopic (exact) mass is 298 g/mol. The number of alkyl halides is 3. The minimum Gasteiger partial charge on any atom is -0.425 e. The number of fused-ring (bicyclic) bond motifs is 2. The van der Waals surface area contributed by atoms with Gasteiger partial charge in [0, 0.05) is 0 Å². The number of halogens is 3. The van der Waals surface area contributed by atoms with Crippen LogP contribution in [0.15, 0.2) is 48.5 Å². The van der Waals surface area contributed by atoms with Crippen LogP contribution in [0.25, 0.3) is 0 Å². The topological polar surface area (TPSA) is 36.9 Å². The molecule has 0 aromatic heterocycles. The van der Waals surface area contributed by atoms with E-state index in [0.717, 1.165) is 0 Å². The lowest BCUT2D eigenvalue weighted by Gasteiger charge is -2.04. The number of rotatable bonds is 0. The Bertz CT molecular complexity index is 596. The average molecular weight is 298 g/mol. The van der Waals surface area contributed by atoms with Gasteiger partial charge in [-0.2, -0.15) is 4.39 Å². The number of benzene rings is 2. The van der Waals surface area contributed by atoms with Gasteiger partial charge in [-0.1, -0.05) is 24.3 Å². The smallest absolute Gasteiger partial charge is 0.425 e. The minimum absolute atomic E-state index is 0.0810. The van der Waals surface area contributed by atoms with Gasteiger partial charge in [0.05, 0.1) is 0 Å². The van der Waals surface area contributed by atoms with Crippen molar-refractivity contribution in [1.82, 2.24) is 0 Å². The van der Waals surface area contributed by atoms with Crippen LogP contribution in [0.2, 0.25) is 0 Å². The molecule has 4 rings (SSSR count). The van der Waals surface area contributed by atoms with Crippen LogP contribution >= 0.6 is 0 Å². The molecule has 2 aliphatic heterocycles. The second kappa shape index (κ2) is 5.08. The van der Waals surface area contributed by atoms with Crippen LogP contribution < -0.4 is 18.9 Å². The Balaban J connectivity index is 0.000000126. The van der Waals surface area contributed by atoms with Crippen LogP contribution in [0.4, 0.5) is 13.2 Å². The van der Waals surface area contributed by atoms with Crippen molar-refractivity contribution >= 4 is 0 Å². The van der Waals surface area contributed by atoms with E-state index in [-0.39, 0.29) is 11.5 Å². The summed E-state index contributed by atoms with van der Waals surface area (Å²) in [5.74, 6) is 1.10. The molecule has 0 N–H and O–H groups in total. The summed E-state index contributed by atoms with van der Waals surface area (Å²) in [6, 6.07) is 12.9. The molecule has 0 fully saturated rings. The molecule has 7 heteroatoms. The predicted molar refractivity (Wildman–Crippen MR) is 65.2 cm³/mol. The Labute approximate surface area is 117 Å². The molecule has 110 valence electrons. The van der Waals surface area contributed by atoms with E-state index >= 15 is 0 Å². The summed E-state index contributed by atoms with van der Waals surface area (Å²) in [7, 11) is 0. The first kappa shape index (κ1) is 13.4. The average Bonchev–Trinajstić information content (AvgIpc) is 2.95. The fourth-order valence-corrected chi connectivity index (χ4v) is 1.76. The molecule has 0 unspecified atom stereocenters. The number of hydrogen-bond donors (Lipinski definition) is 0. The Morgan fingerprint density at radius 1 is 0.714 bits per heavy atom. The van der Waals surface area contributed by atoms with Gasteiger partial charge in [0.1, 0.15) is 0 Å². The normalized spacial score (nSPS) is 17.1. The van der Waals surface area contributed by atoms with Gasteiger partial charge in [-0.25, -0.2) is 0 Å². The molecule has 0 saturated carbocycles. The molecular formula is C14H9F3O4. The zero-order valence-corrected chi connectivity index (χ0v) is 10.5. The molecule has 2 aromatic carbocycles. The van der Waals surface area contributed by atoms with Gasteiger partial charge in [0.15, 0.2) is 23.0 Å². The van der Waals surface area contributed by atoms with E-state index in [1.54, 1.807) is 36.4 Å². The summed E-state index contributed by atoms with van der Waals surface area (Å²) in [5.41, 5.74) is 0. The fraction of sp³-hybridized carbons (Fsp3) is 0.143. The summed E-state index contributed by atoms with van der Waals surface area (Å²) in [4.78, 5) is 0. The Morgan fingerprint density at radius 3 is 1.52 bits per heavy atom. The van der Waals surface area contributed by atoms with Gasteiger partial charge in [0.2, 0.25) is 0 Å². The summed E-state index contributed by atoms with van der Waals surface area (Å²) in [6.45, 7) is -1.63. The van der Waals surface area contributed by atoms with E-state index in [9.17, 15) is 13.2 Å². The first-order valence-electron chi connectivity index (χ1n) is 5.95. The standard InChI is InChI=1S/C7H4F2O2.C7H5FO2/c8-7(9)10-5-3-1-2-4-6(5)11-7;8-7-9-5-3-1-2-4-6(5)10-7/h1-4H;1-4,7H. The van der Waals surface area contributed by atoms with Crippen LogP contribution in [-0.2, 0) is 0 Å². The molecule has 2 heterocycles. The maximum Gasteiger partial charge on any atom is 0.586 e. The first-order valence-corrected chi connectivity index (χ1v) is 5.95. The lowest BCUT2D eigenvalue weighted by atomic mass is 10.3. The zero-order valence-electron chi connectivity index (χ0n) is 10.5. The number of hydrogen-bond acceptors (Lipinski definition) is 4. The van der Waals surface area contributed by atoms with E-state index in [1.807, 2.05) is 0 Å². The summed E-state index contributed by atoms with van der Waals surface area (Å²) in [5, 5.41) is 0. The maximum atomic E-state index is 12.3. The van der Waals surface area contributed by atoms with Gasteiger partial charge in [-0.15, -0.1) is 8.78 Å². The highest BCUT2D eigenvalue weighted by atomic mass is 19.3. The molecule has 0 saturated heterocycles. The van der Waals surface area contributed by atoms with Crippen LogP contribution in [0.1, 0.15) is 0 Å². The highest BCUT2D eigenvalue weighted by molar-refractivity contribution is 5.42. The Hall–Kier alpha value is -2.57. The van der Waals surface area contributed by atoms with Crippen molar-refractivity contribution in [3.05, 3.63) is 48.5 Å². The molecule has 0 aliphatic carbocycles. The third kappa shape index (κ3) is 2.96. The Kier molecular flexibility index (Phi) is 3.25. The van der Waals surface area contributed by atoms with Gasteiger partial charge >= 0.3 is 12.8 Å².